The number of ether oxygens (including phenoxy) is 1. The molecule has 0 radical (unpaired) electrons. The second-order valence-corrected chi connectivity index (χ2v) is 5.16. The zero-order valence-corrected chi connectivity index (χ0v) is 12.6. The Balaban J connectivity index is 2.00. The summed E-state index contributed by atoms with van der Waals surface area (Å²) in [5, 5.41) is 0. The van der Waals surface area contributed by atoms with Gasteiger partial charge in [-0.15, -0.1) is 0 Å². The quantitative estimate of drug-likeness (QED) is 0.881. The number of aliphatic imine (C=N–C) groups is 1. The van der Waals surface area contributed by atoms with Crippen molar-refractivity contribution >= 4 is 11.8 Å². The van der Waals surface area contributed by atoms with E-state index in [4.69, 9.17) is 4.74 Å². The summed E-state index contributed by atoms with van der Waals surface area (Å²) in [5.41, 5.74) is 5.42. The fourth-order valence-corrected chi connectivity index (χ4v) is 2.39. The number of hydrogen-bond donors (Lipinski definition) is 1. The number of rotatable bonds is 3. The molecule has 22 heavy (non-hydrogen) atoms. The number of nitrogens with one attached hydrogen (secondary N) is 1. The van der Waals surface area contributed by atoms with Gasteiger partial charge in [-0.25, -0.2) is 9.98 Å². The van der Waals surface area contributed by atoms with Crippen LogP contribution in [0.15, 0.2) is 46.9 Å². The molecule has 3 rings (SSSR count). The van der Waals surface area contributed by atoms with Gasteiger partial charge in [0, 0.05) is 29.2 Å². The zero-order chi connectivity index (χ0) is 15.7. The van der Waals surface area contributed by atoms with Gasteiger partial charge in [0.2, 0.25) is 5.95 Å². The Morgan fingerprint density at radius 2 is 2.09 bits per heavy atom. The Bertz CT molecular complexity index is 798. The molecular weight excluding hydrogens is 281 g/mol. The van der Waals surface area contributed by atoms with E-state index in [9.17, 15) is 4.39 Å². The van der Waals surface area contributed by atoms with Crippen LogP contribution in [0.5, 0.6) is 0 Å². The van der Waals surface area contributed by atoms with Crippen molar-refractivity contribution in [2.45, 2.75) is 13.8 Å². The van der Waals surface area contributed by atoms with Gasteiger partial charge in [-0.3, -0.25) is 0 Å². The van der Waals surface area contributed by atoms with Crippen LogP contribution in [-0.4, -0.2) is 22.8 Å². The van der Waals surface area contributed by atoms with Gasteiger partial charge >= 0.3 is 0 Å². The maximum atomic E-state index is 12.9. The van der Waals surface area contributed by atoms with Crippen LogP contribution in [0.4, 0.5) is 4.39 Å². The summed E-state index contributed by atoms with van der Waals surface area (Å²) in [6, 6.07) is 5.04. The topological polar surface area (TPSA) is 50.3 Å². The Hall–Kier alpha value is -2.69. The van der Waals surface area contributed by atoms with E-state index in [1.807, 2.05) is 26.0 Å². The summed E-state index contributed by atoms with van der Waals surface area (Å²) >= 11 is 0. The number of methoxy groups -OCH3 is 1. The van der Waals surface area contributed by atoms with Gasteiger partial charge in [-0.2, -0.15) is 4.39 Å². The van der Waals surface area contributed by atoms with Crippen LogP contribution in [0.2, 0.25) is 0 Å². The second-order valence-electron chi connectivity index (χ2n) is 5.16. The van der Waals surface area contributed by atoms with E-state index in [0.717, 1.165) is 28.2 Å². The van der Waals surface area contributed by atoms with E-state index < -0.39 is 5.95 Å². The van der Waals surface area contributed by atoms with Crippen LogP contribution in [0, 0.1) is 19.8 Å². The van der Waals surface area contributed by atoms with E-state index in [1.54, 1.807) is 13.2 Å². The Morgan fingerprint density at radius 3 is 2.68 bits per heavy atom. The van der Waals surface area contributed by atoms with E-state index in [2.05, 4.69) is 21.0 Å². The maximum absolute atomic E-state index is 12.9. The highest BCUT2D eigenvalue weighted by molar-refractivity contribution is 6.11. The molecule has 0 spiro atoms. The fourth-order valence-electron chi connectivity index (χ4n) is 2.39. The number of nitrogens with zero attached hydrogens (tertiary/aromatic N) is 2. The van der Waals surface area contributed by atoms with Gasteiger partial charge in [0.1, 0.15) is 11.5 Å². The number of halogens is 1. The number of aromatic amines is 1. The lowest BCUT2D eigenvalue weighted by molar-refractivity contribution is 0.303. The first-order valence-electron chi connectivity index (χ1n) is 6.91. The predicted molar refractivity (Wildman–Crippen MR) is 84.1 cm³/mol. The van der Waals surface area contributed by atoms with E-state index >= 15 is 0 Å². The van der Waals surface area contributed by atoms with Gasteiger partial charge in [0.05, 0.1) is 12.8 Å². The molecule has 0 atom stereocenters. The van der Waals surface area contributed by atoms with Crippen molar-refractivity contribution in [3.63, 3.8) is 0 Å². The lowest BCUT2D eigenvalue weighted by Crippen LogP contribution is -1.95. The third kappa shape index (κ3) is 2.70. The van der Waals surface area contributed by atoms with Crippen molar-refractivity contribution in [1.82, 2.24) is 9.97 Å². The van der Waals surface area contributed by atoms with Crippen molar-refractivity contribution < 1.29 is 9.13 Å². The van der Waals surface area contributed by atoms with Gasteiger partial charge < -0.3 is 9.72 Å². The van der Waals surface area contributed by atoms with Crippen molar-refractivity contribution in [1.29, 1.82) is 0 Å². The minimum Gasteiger partial charge on any atom is -0.494 e. The number of pyridine rings is 1. The summed E-state index contributed by atoms with van der Waals surface area (Å²) in [4.78, 5) is 11.5. The molecule has 112 valence electrons. The van der Waals surface area contributed by atoms with E-state index in [1.165, 1.54) is 12.3 Å². The number of H-pyrrole nitrogens is 1. The summed E-state index contributed by atoms with van der Waals surface area (Å²) in [5.74, 6) is 0.164. The third-order valence-electron chi connectivity index (χ3n) is 3.47. The largest absolute Gasteiger partial charge is 0.494 e. The molecule has 0 aromatic carbocycles. The maximum Gasteiger partial charge on any atom is 0.212 e. The smallest absolute Gasteiger partial charge is 0.212 e. The molecule has 2 aromatic rings. The molecule has 1 aliphatic heterocycles. The summed E-state index contributed by atoms with van der Waals surface area (Å²) < 4.78 is 18.3. The molecule has 0 saturated carbocycles. The highest BCUT2D eigenvalue weighted by atomic mass is 19.1. The van der Waals surface area contributed by atoms with Crippen LogP contribution < -0.4 is 0 Å². The van der Waals surface area contributed by atoms with Crippen molar-refractivity contribution in [3.05, 3.63) is 70.4 Å². The van der Waals surface area contributed by atoms with Crippen LogP contribution in [-0.2, 0) is 4.74 Å². The highest BCUT2D eigenvalue weighted by Crippen LogP contribution is 2.25. The predicted octanol–water partition coefficient (Wildman–Crippen LogP) is 3.54. The first-order chi connectivity index (χ1) is 10.6. The summed E-state index contributed by atoms with van der Waals surface area (Å²) in [6.45, 7) is 4.05. The molecule has 1 aliphatic rings. The van der Waals surface area contributed by atoms with Crippen molar-refractivity contribution in [3.8, 4) is 0 Å². The normalized spacial score (nSPS) is 15.9. The number of aryl methyl sites for hydroxylation is 2. The molecule has 0 saturated heterocycles. The molecule has 3 heterocycles. The first-order valence-corrected chi connectivity index (χ1v) is 6.91. The Labute approximate surface area is 128 Å². The molecule has 0 unspecified atom stereocenters. The fraction of sp³-hybridized carbons (Fsp3) is 0.176. The molecule has 0 amide bonds. The average molecular weight is 297 g/mol. The Kier molecular flexibility index (Phi) is 3.63. The summed E-state index contributed by atoms with van der Waals surface area (Å²) in [7, 11) is 1.61. The number of hydrogen-bond acceptors (Lipinski definition) is 3. The minimum atomic E-state index is -0.508. The highest BCUT2D eigenvalue weighted by Gasteiger charge is 2.17. The molecule has 2 aromatic heterocycles. The van der Waals surface area contributed by atoms with Gasteiger partial charge in [0.15, 0.2) is 0 Å². The van der Waals surface area contributed by atoms with Gasteiger partial charge in [0.25, 0.3) is 0 Å². The lowest BCUT2D eigenvalue weighted by atomic mass is 10.2. The van der Waals surface area contributed by atoms with Gasteiger partial charge in [-0.1, -0.05) is 0 Å². The molecule has 0 bridgehead atoms. The first kappa shape index (κ1) is 14.3. The van der Waals surface area contributed by atoms with E-state index in [-0.39, 0.29) is 0 Å². The lowest BCUT2D eigenvalue weighted by Gasteiger charge is -2.01. The van der Waals surface area contributed by atoms with Crippen molar-refractivity contribution in [2.24, 2.45) is 4.99 Å². The molecule has 1 N–H and O–H groups in total. The molecule has 4 nitrogen and oxygen atoms in total. The number of aromatic nitrogens is 2. The minimum absolute atomic E-state index is 0.508. The molecule has 0 fully saturated rings. The van der Waals surface area contributed by atoms with Crippen LogP contribution in [0.1, 0.15) is 22.5 Å². The molecule has 0 aliphatic carbocycles. The van der Waals surface area contributed by atoms with Crippen LogP contribution in [0.25, 0.3) is 6.08 Å². The zero-order valence-electron chi connectivity index (χ0n) is 12.6. The van der Waals surface area contributed by atoms with Crippen LogP contribution in [0.3, 0.4) is 0 Å². The number of allylic oxidation sites excluding steroid dienone is 1. The monoisotopic (exact) mass is 297 g/mol. The third-order valence-corrected chi connectivity index (χ3v) is 3.47. The second kappa shape index (κ2) is 5.60. The van der Waals surface area contributed by atoms with E-state index in [0.29, 0.717) is 11.5 Å². The average Bonchev–Trinajstić information content (AvgIpc) is 3.03. The summed E-state index contributed by atoms with van der Waals surface area (Å²) in [6.07, 6.45) is 5.23. The Morgan fingerprint density at radius 1 is 1.27 bits per heavy atom. The van der Waals surface area contributed by atoms with Crippen molar-refractivity contribution in [2.75, 3.05) is 7.11 Å². The van der Waals surface area contributed by atoms with Crippen LogP contribution >= 0.6 is 0 Å². The standard InChI is InChI=1S/C17H16FN3O/c1-10-6-11(2)20-13(10)7-15-16(22-3)8-14(21-15)12-4-5-17(18)19-9-12/h4-9,20H,1-3H3. The van der Waals surface area contributed by atoms with Gasteiger partial charge in [-0.05, 0) is 43.7 Å². The molecule has 5 heteroatoms. The molecular formula is C17H16FN3O. The SMILES string of the molecule is COC1=CC(c2ccc(F)nc2)=NC1=Cc1[nH]c(C)cc1C.